The number of rotatable bonds is 48. The number of hydrogen-bond donors (Lipinski definition) is 15. The topological polar surface area (TPSA) is 607 Å². The van der Waals surface area contributed by atoms with Crippen molar-refractivity contribution in [2.75, 3.05) is 19.8 Å². The van der Waals surface area contributed by atoms with Gasteiger partial charge in [0.15, 0.2) is 5.78 Å². The van der Waals surface area contributed by atoms with Crippen molar-refractivity contribution in [1.29, 1.82) is 0 Å². The largest absolute Gasteiger partial charge is 0.402 e. The van der Waals surface area contributed by atoms with Gasteiger partial charge in [-0.3, -0.25) is 71.9 Å². The number of allylic oxidation sites excluding steroid dienone is 1. The highest BCUT2D eigenvalue weighted by Crippen LogP contribution is 2.34. The summed E-state index contributed by atoms with van der Waals surface area (Å²) in [6.45, 7) is 7.47. The second-order valence-corrected chi connectivity index (χ2v) is 22.1. The zero-order chi connectivity index (χ0) is 64.9. The fourth-order valence-corrected chi connectivity index (χ4v) is 9.97. The maximum absolute atomic E-state index is 14.6. The predicted molar refractivity (Wildman–Crippen MR) is 300 cm³/mol. The van der Waals surface area contributed by atoms with Crippen LogP contribution in [-0.4, -0.2) is 115 Å². The minimum absolute atomic E-state index is 0.0124. The first-order valence-corrected chi connectivity index (χ1v) is 27.3. The molecule has 0 aliphatic rings. The first-order valence-electron chi connectivity index (χ1n) is 27.3. The number of nitrogens with two attached hydrogens (primary N) is 11. The molecule has 14 amide bonds. The van der Waals surface area contributed by atoms with Crippen molar-refractivity contribution < 1.29 is 76.7 Å². The Morgan fingerprint density at radius 1 is 0.333 bits per heavy atom. The van der Waals surface area contributed by atoms with Crippen LogP contribution in [0.15, 0.2) is 12.3 Å². The first kappa shape index (κ1) is 75.5. The number of amides is 14. The van der Waals surface area contributed by atoms with E-state index in [1.54, 1.807) is 6.92 Å². The Hall–Kier alpha value is -8.54. The lowest BCUT2D eigenvalue weighted by Gasteiger charge is -2.29. The van der Waals surface area contributed by atoms with Crippen molar-refractivity contribution in [2.45, 2.75) is 111 Å². The van der Waals surface area contributed by atoms with Crippen molar-refractivity contribution in [3.63, 3.8) is 0 Å². The van der Waals surface area contributed by atoms with Crippen LogP contribution in [0.2, 0.25) is 0 Å². The van der Waals surface area contributed by atoms with Crippen molar-refractivity contribution in [2.24, 2.45) is 152 Å². The van der Waals surface area contributed by atoms with E-state index in [2.05, 4.69) is 27.8 Å². The van der Waals surface area contributed by atoms with Crippen LogP contribution in [0.3, 0.4) is 0 Å². The molecule has 0 aromatic carbocycles. The molecule has 0 aromatic rings. The normalized spacial score (nSPS) is 16.5. The van der Waals surface area contributed by atoms with Crippen LogP contribution >= 0.6 is 0 Å². The lowest BCUT2D eigenvalue weighted by molar-refractivity contribution is -0.133. The highest BCUT2D eigenvalue weighted by molar-refractivity contribution is 5.89. The Labute approximate surface area is 487 Å². The standard InChI is InChI=1S/C53H89N15O16/c1-24(28(5)54)8-30(44(58)75)14-34(48(62)79)12-29(40(71)21-65-23-70)13-37(18-35(49(63)80)15-31(45(59)76)9-25(2)41(55)72)52(83)67-22-68-53(84)39(19-36(50(64)81)16-32(46(60)77)10-26(3)42(56)73)20-38(51(82)66-6-7-69)17-33(47(61)78)11-27(4)43(57)74/h7,23-27,29-39H,5-6,8-22,54H2,1-4H3,(H2,55,72)(H2,56,73)(H2,57,74)(H2,58,75)(H2,59,76)(H2,60,77)(H2,61,78)(H2,62,79)(H2,63,80)(H2,64,81)(H,65,70)(H,66,82)(H,67,83)(H,68,84). The minimum atomic E-state index is -1.55. The van der Waals surface area contributed by atoms with Gasteiger partial charge in [0.25, 0.3) is 0 Å². The summed E-state index contributed by atoms with van der Waals surface area (Å²) in [6.07, 6.45) is -4.68. The van der Waals surface area contributed by atoms with Crippen LogP contribution in [0.4, 0.5) is 0 Å². The number of Topliss-reactive ketones (excluding diaryl/α,β-unsaturated/α-hetero) is 1. The molecule has 0 saturated carbocycles. The smallest absolute Gasteiger partial charge is 0.224 e. The van der Waals surface area contributed by atoms with Gasteiger partial charge < -0.3 is 89.1 Å². The molecule has 0 radical (unpaired) electrons. The van der Waals surface area contributed by atoms with Crippen LogP contribution in [0.1, 0.15) is 111 Å². The van der Waals surface area contributed by atoms with Gasteiger partial charge in [0.1, 0.15) is 6.29 Å². The van der Waals surface area contributed by atoms with E-state index in [4.69, 9.17) is 63.1 Å². The summed E-state index contributed by atoms with van der Waals surface area (Å²) in [6, 6.07) is 0. The number of hydrogen-bond acceptors (Lipinski definition) is 17. The van der Waals surface area contributed by atoms with E-state index >= 15 is 0 Å². The van der Waals surface area contributed by atoms with Gasteiger partial charge in [0, 0.05) is 88.5 Å². The monoisotopic (exact) mass is 1190 g/mol. The molecule has 26 N–H and O–H groups in total. The van der Waals surface area contributed by atoms with Crippen molar-refractivity contribution in [3.8, 4) is 0 Å². The second kappa shape index (κ2) is 37.5. The zero-order valence-electron chi connectivity index (χ0n) is 48.2. The minimum Gasteiger partial charge on any atom is -0.402 e. The third-order valence-corrected chi connectivity index (χ3v) is 15.4. The number of carbonyl (C=O) groups excluding carboxylic acids is 16. The quantitative estimate of drug-likeness (QED) is 0.0200. The molecule has 0 spiro atoms. The number of carbonyl (C=O) groups is 16. The lowest BCUT2D eigenvalue weighted by Crippen LogP contribution is -2.46. The third-order valence-electron chi connectivity index (χ3n) is 15.4. The van der Waals surface area contributed by atoms with E-state index in [-0.39, 0.29) is 44.2 Å². The predicted octanol–water partition coefficient (Wildman–Crippen LogP) is -5.47. The number of nitrogens with one attached hydrogen (secondary N) is 4. The molecule has 0 heterocycles. The lowest BCUT2D eigenvalue weighted by atomic mass is 9.76. The van der Waals surface area contributed by atoms with E-state index in [0.29, 0.717) is 6.29 Å². The second-order valence-electron chi connectivity index (χ2n) is 22.1. The molecule has 15 unspecified atom stereocenters. The number of aldehydes is 1. The van der Waals surface area contributed by atoms with Crippen molar-refractivity contribution in [3.05, 3.63) is 12.3 Å². The fraction of sp³-hybridized carbons (Fsp3) is 0.660. The summed E-state index contributed by atoms with van der Waals surface area (Å²) in [5, 5.41) is 9.48. The molecule has 0 bridgehead atoms. The molecule has 0 aliphatic carbocycles. The van der Waals surface area contributed by atoms with Gasteiger partial charge in [-0.1, -0.05) is 34.3 Å². The molecular weight excluding hydrogens is 1100 g/mol. The summed E-state index contributed by atoms with van der Waals surface area (Å²) >= 11 is 0. The van der Waals surface area contributed by atoms with E-state index < -0.39 is 242 Å². The average molecular weight is 1190 g/mol. The number of primary amides is 10. The SMILES string of the molecule is C=C(N)C(C)CC(CC(CC(CC(CC(CC(CC(C)C(N)=O)C(N)=O)C(N)=O)C(=O)NCNC(=O)C(CC(CC(CC(C)C(N)=O)C(N)=O)C(N)=O)CC(CC(CC(C)C(N)=O)C(N)=O)C(=O)NCC=O)C(=O)CNC=O)C(N)=O)C(N)=O. The van der Waals surface area contributed by atoms with Gasteiger partial charge >= 0.3 is 0 Å². The molecule has 0 saturated heterocycles. The van der Waals surface area contributed by atoms with Crippen LogP contribution < -0.4 is 84.3 Å². The zero-order valence-corrected chi connectivity index (χ0v) is 48.2. The first-order chi connectivity index (χ1) is 39.0. The Kier molecular flexibility index (Phi) is 33.7. The van der Waals surface area contributed by atoms with Crippen molar-refractivity contribution in [1.82, 2.24) is 21.3 Å². The Morgan fingerprint density at radius 3 is 0.833 bits per heavy atom. The molecule has 0 rings (SSSR count). The summed E-state index contributed by atoms with van der Waals surface area (Å²) in [4.78, 5) is 206. The van der Waals surface area contributed by atoms with E-state index in [9.17, 15) is 76.7 Å². The van der Waals surface area contributed by atoms with E-state index in [0.717, 1.165) is 0 Å². The molecule has 472 valence electrons. The Bertz CT molecular complexity index is 2410. The van der Waals surface area contributed by atoms with E-state index in [1.165, 1.54) is 20.8 Å². The van der Waals surface area contributed by atoms with Crippen LogP contribution in [0.25, 0.3) is 0 Å². The van der Waals surface area contributed by atoms with E-state index in [1.807, 2.05) is 0 Å². The maximum Gasteiger partial charge on any atom is 0.224 e. The molecular formula is C53H89N15O16. The average Bonchev–Trinajstić information content (AvgIpc) is 3.60. The number of ketones is 1. The van der Waals surface area contributed by atoms with Crippen molar-refractivity contribution >= 4 is 95.3 Å². The summed E-state index contributed by atoms with van der Waals surface area (Å²) in [5.74, 6) is -31.2. The molecule has 0 aromatic heterocycles. The van der Waals surface area contributed by atoms with Gasteiger partial charge in [-0.2, -0.15) is 0 Å². The van der Waals surface area contributed by atoms with Gasteiger partial charge in [0.2, 0.25) is 83.2 Å². The molecule has 31 heteroatoms. The Morgan fingerprint density at radius 2 is 0.571 bits per heavy atom. The molecule has 15 atom stereocenters. The van der Waals surface area contributed by atoms with Gasteiger partial charge in [-0.25, -0.2) is 0 Å². The summed E-state index contributed by atoms with van der Waals surface area (Å²) < 4.78 is 0. The molecule has 84 heavy (non-hydrogen) atoms. The highest BCUT2D eigenvalue weighted by atomic mass is 16.2. The Balaban J connectivity index is 7.94. The maximum atomic E-state index is 14.6. The van der Waals surface area contributed by atoms with Crippen LogP contribution in [0, 0.1) is 88.8 Å². The molecule has 31 nitrogen and oxygen atoms in total. The summed E-state index contributed by atoms with van der Waals surface area (Å²) in [5.41, 5.74) is 62.6. The van der Waals surface area contributed by atoms with Gasteiger partial charge in [-0.05, 0) is 89.4 Å². The summed E-state index contributed by atoms with van der Waals surface area (Å²) in [7, 11) is 0. The third kappa shape index (κ3) is 28.0. The molecule has 0 aliphatic heterocycles. The van der Waals surface area contributed by atoms with Gasteiger partial charge in [-0.15, -0.1) is 0 Å². The highest BCUT2D eigenvalue weighted by Gasteiger charge is 2.39. The fourth-order valence-electron chi connectivity index (χ4n) is 9.97. The molecule has 0 fully saturated rings. The van der Waals surface area contributed by atoms with Crippen LogP contribution in [0.5, 0.6) is 0 Å². The van der Waals surface area contributed by atoms with Gasteiger partial charge in [0.05, 0.1) is 19.8 Å². The van der Waals surface area contributed by atoms with Crippen LogP contribution in [-0.2, 0) is 76.7 Å².